The minimum Gasteiger partial charge on any atom is -0.287 e. The molecule has 0 saturated carbocycles. The Kier molecular flexibility index (Phi) is 2.13. The van der Waals surface area contributed by atoms with Gasteiger partial charge in [-0.15, -0.1) is 0 Å². The first-order valence-corrected chi connectivity index (χ1v) is 4.93. The molecule has 1 aliphatic rings. The van der Waals surface area contributed by atoms with Crippen LogP contribution in [0.1, 0.15) is 17.9 Å². The summed E-state index contributed by atoms with van der Waals surface area (Å²) in [7, 11) is 0. The van der Waals surface area contributed by atoms with Crippen molar-refractivity contribution < 1.29 is 4.79 Å². The van der Waals surface area contributed by atoms with Crippen molar-refractivity contribution in [3.8, 4) is 0 Å². The van der Waals surface area contributed by atoms with Crippen LogP contribution in [0.5, 0.6) is 0 Å². The second-order valence-electron chi connectivity index (χ2n) is 2.79. The van der Waals surface area contributed by atoms with E-state index in [0.717, 1.165) is 17.7 Å². The first-order valence-electron chi connectivity index (χ1n) is 3.94. The monoisotopic (exact) mass is 179 g/mol. The normalized spacial score (nSPS) is 23.0. The van der Waals surface area contributed by atoms with E-state index in [1.54, 1.807) is 12.4 Å². The molecule has 0 N–H and O–H groups in total. The van der Waals surface area contributed by atoms with Gasteiger partial charge < -0.3 is 0 Å². The van der Waals surface area contributed by atoms with Crippen LogP contribution in [0.3, 0.4) is 0 Å². The Labute approximate surface area is 75.4 Å². The van der Waals surface area contributed by atoms with E-state index in [4.69, 9.17) is 0 Å². The predicted octanol–water partition coefficient (Wildman–Crippen LogP) is 1.83. The Morgan fingerprint density at radius 3 is 2.75 bits per heavy atom. The third kappa shape index (κ3) is 1.37. The number of carbonyl (C=O) groups excluding carboxylic acids is 1. The molecule has 2 heterocycles. The SMILES string of the molecule is O=C1SCCC1c1ccncc1. The molecular formula is C9H9NOS. The minimum absolute atomic E-state index is 0.123. The fourth-order valence-corrected chi connectivity index (χ4v) is 2.40. The molecule has 1 saturated heterocycles. The zero-order valence-electron chi connectivity index (χ0n) is 6.56. The van der Waals surface area contributed by atoms with Crippen molar-refractivity contribution >= 4 is 16.9 Å². The van der Waals surface area contributed by atoms with Crippen molar-refractivity contribution in [2.45, 2.75) is 12.3 Å². The number of rotatable bonds is 1. The van der Waals surface area contributed by atoms with Crippen molar-refractivity contribution in [1.29, 1.82) is 0 Å². The summed E-state index contributed by atoms with van der Waals surface area (Å²) in [5, 5.41) is 0.307. The number of nitrogens with zero attached hydrogens (tertiary/aromatic N) is 1. The molecular weight excluding hydrogens is 170 g/mol. The van der Waals surface area contributed by atoms with Crippen LogP contribution in [-0.2, 0) is 4.79 Å². The van der Waals surface area contributed by atoms with Crippen molar-refractivity contribution in [3.63, 3.8) is 0 Å². The summed E-state index contributed by atoms with van der Waals surface area (Å²) < 4.78 is 0. The molecule has 0 bridgehead atoms. The molecule has 1 atom stereocenters. The summed E-state index contributed by atoms with van der Waals surface area (Å²) in [6.45, 7) is 0. The summed E-state index contributed by atoms with van der Waals surface area (Å²) in [5.41, 5.74) is 1.11. The van der Waals surface area contributed by atoms with Crippen LogP contribution in [0.15, 0.2) is 24.5 Å². The standard InChI is InChI=1S/C9H9NOS/c11-9-8(3-6-12-9)7-1-4-10-5-2-7/h1-2,4-5,8H,3,6H2. The van der Waals surface area contributed by atoms with Crippen LogP contribution in [0.2, 0.25) is 0 Å². The Hall–Kier alpha value is -0.830. The Bertz CT molecular complexity index is 286. The lowest BCUT2D eigenvalue weighted by Gasteiger charge is -2.04. The molecule has 3 heteroatoms. The van der Waals surface area contributed by atoms with Gasteiger partial charge in [0.2, 0.25) is 0 Å². The molecule has 0 aromatic carbocycles. The topological polar surface area (TPSA) is 30.0 Å². The Morgan fingerprint density at radius 1 is 1.42 bits per heavy atom. The number of aromatic nitrogens is 1. The summed E-state index contributed by atoms with van der Waals surface area (Å²) in [6.07, 6.45) is 4.46. The Morgan fingerprint density at radius 2 is 2.17 bits per heavy atom. The fraction of sp³-hybridized carbons (Fsp3) is 0.333. The van der Waals surface area contributed by atoms with Crippen molar-refractivity contribution in [1.82, 2.24) is 4.98 Å². The van der Waals surface area contributed by atoms with Gasteiger partial charge in [-0.25, -0.2) is 0 Å². The van der Waals surface area contributed by atoms with Crippen LogP contribution in [0, 0.1) is 0 Å². The molecule has 1 aromatic heterocycles. The second-order valence-corrected chi connectivity index (χ2v) is 3.89. The van der Waals surface area contributed by atoms with Crippen LogP contribution >= 0.6 is 11.8 Å². The third-order valence-corrected chi connectivity index (χ3v) is 3.05. The van der Waals surface area contributed by atoms with Gasteiger partial charge in [0, 0.05) is 18.1 Å². The van der Waals surface area contributed by atoms with Gasteiger partial charge in [0.1, 0.15) is 0 Å². The zero-order chi connectivity index (χ0) is 8.39. The summed E-state index contributed by atoms with van der Waals surface area (Å²) in [4.78, 5) is 15.2. The predicted molar refractivity (Wildman–Crippen MR) is 49.1 cm³/mol. The maximum atomic E-state index is 11.3. The van der Waals surface area contributed by atoms with E-state index >= 15 is 0 Å². The lowest BCUT2D eigenvalue weighted by molar-refractivity contribution is -0.111. The minimum atomic E-state index is 0.123. The molecule has 2 nitrogen and oxygen atoms in total. The number of pyridine rings is 1. The van der Waals surface area contributed by atoms with E-state index in [-0.39, 0.29) is 5.92 Å². The number of hydrogen-bond acceptors (Lipinski definition) is 3. The third-order valence-electron chi connectivity index (χ3n) is 2.04. The van der Waals surface area contributed by atoms with E-state index < -0.39 is 0 Å². The molecule has 1 aromatic rings. The molecule has 0 aliphatic carbocycles. The highest BCUT2D eigenvalue weighted by molar-refractivity contribution is 8.14. The first-order chi connectivity index (χ1) is 5.88. The maximum absolute atomic E-state index is 11.3. The quantitative estimate of drug-likeness (QED) is 0.658. The van der Waals surface area contributed by atoms with E-state index in [0.29, 0.717) is 5.12 Å². The van der Waals surface area contributed by atoms with Gasteiger partial charge >= 0.3 is 0 Å². The zero-order valence-corrected chi connectivity index (χ0v) is 7.38. The van der Waals surface area contributed by atoms with E-state index in [1.165, 1.54) is 11.8 Å². The largest absolute Gasteiger partial charge is 0.287 e. The van der Waals surface area contributed by atoms with Crippen molar-refractivity contribution in [2.24, 2.45) is 0 Å². The smallest absolute Gasteiger partial charge is 0.196 e. The van der Waals surface area contributed by atoms with E-state index in [9.17, 15) is 4.79 Å². The second kappa shape index (κ2) is 3.27. The van der Waals surface area contributed by atoms with Crippen LogP contribution in [0.25, 0.3) is 0 Å². The lowest BCUT2D eigenvalue weighted by Crippen LogP contribution is -2.01. The molecule has 1 fully saturated rings. The molecule has 1 unspecified atom stereocenters. The van der Waals surface area contributed by atoms with E-state index in [1.807, 2.05) is 12.1 Å². The van der Waals surface area contributed by atoms with Crippen molar-refractivity contribution in [3.05, 3.63) is 30.1 Å². The average molecular weight is 179 g/mol. The lowest BCUT2D eigenvalue weighted by atomic mass is 10.00. The fourth-order valence-electron chi connectivity index (χ4n) is 1.39. The van der Waals surface area contributed by atoms with Gasteiger partial charge in [-0.2, -0.15) is 0 Å². The number of hydrogen-bond donors (Lipinski definition) is 0. The van der Waals surface area contributed by atoms with Crippen LogP contribution in [-0.4, -0.2) is 15.9 Å². The summed E-state index contributed by atoms with van der Waals surface area (Å²) >= 11 is 1.44. The number of thioether (sulfide) groups is 1. The molecule has 62 valence electrons. The Balaban J connectivity index is 2.25. The highest BCUT2D eigenvalue weighted by atomic mass is 32.2. The van der Waals surface area contributed by atoms with Gasteiger partial charge in [-0.3, -0.25) is 9.78 Å². The van der Waals surface area contributed by atoms with Gasteiger partial charge in [-0.05, 0) is 24.1 Å². The highest BCUT2D eigenvalue weighted by Crippen LogP contribution is 2.33. The van der Waals surface area contributed by atoms with Gasteiger partial charge in [-0.1, -0.05) is 11.8 Å². The maximum Gasteiger partial charge on any atom is 0.196 e. The van der Waals surface area contributed by atoms with Gasteiger partial charge in [0.15, 0.2) is 5.12 Å². The molecule has 0 radical (unpaired) electrons. The molecule has 1 aliphatic heterocycles. The van der Waals surface area contributed by atoms with Crippen LogP contribution in [0.4, 0.5) is 0 Å². The molecule has 0 amide bonds. The van der Waals surface area contributed by atoms with Crippen LogP contribution < -0.4 is 0 Å². The van der Waals surface area contributed by atoms with Crippen molar-refractivity contribution in [2.75, 3.05) is 5.75 Å². The van der Waals surface area contributed by atoms with E-state index in [2.05, 4.69) is 4.98 Å². The molecule has 0 spiro atoms. The average Bonchev–Trinajstić information content (AvgIpc) is 2.53. The molecule has 12 heavy (non-hydrogen) atoms. The first kappa shape index (κ1) is 7.80. The number of carbonyl (C=O) groups is 1. The summed E-state index contributed by atoms with van der Waals surface area (Å²) in [5.74, 6) is 1.09. The van der Waals surface area contributed by atoms with Gasteiger partial charge in [0.25, 0.3) is 0 Å². The molecule has 2 rings (SSSR count). The summed E-state index contributed by atoms with van der Waals surface area (Å²) in [6, 6.07) is 3.85. The van der Waals surface area contributed by atoms with Gasteiger partial charge in [0.05, 0.1) is 5.92 Å². The highest BCUT2D eigenvalue weighted by Gasteiger charge is 2.26.